The van der Waals surface area contributed by atoms with Gasteiger partial charge in [-0.1, -0.05) is 20.8 Å². The van der Waals surface area contributed by atoms with Crippen molar-refractivity contribution in [1.82, 2.24) is 9.55 Å². The van der Waals surface area contributed by atoms with E-state index >= 15 is 0 Å². The van der Waals surface area contributed by atoms with Crippen LogP contribution < -0.4 is 10.1 Å². The van der Waals surface area contributed by atoms with Crippen LogP contribution in [-0.4, -0.2) is 21.7 Å². The highest BCUT2D eigenvalue weighted by atomic mass is 16.5. The second-order valence-electron chi connectivity index (χ2n) is 8.12. The van der Waals surface area contributed by atoms with Gasteiger partial charge in [0.15, 0.2) is 0 Å². The molecule has 4 rings (SSSR count). The highest BCUT2D eigenvalue weighted by molar-refractivity contribution is 5.90. The lowest BCUT2D eigenvalue weighted by Crippen LogP contribution is -2.35. The summed E-state index contributed by atoms with van der Waals surface area (Å²) in [5.74, 6) is 3.68. The van der Waals surface area contributed by atoms with Crippen molar-refractivity contribution in [2.24, 2.45) is 11.8 Å². The van der Waals surface area contributed by atoms with Crippen LogP contribution in [0.4, 0.5) is 5.95 Å². The molecule has 2 aromatic rings. The van der Waals surface area contributed by atoms with Gasteiger partial charge in [0, 0.05) is 18.2 Å². The minimum atomic E-state index is 0.254. The molecule has 24 heavy (non-hydrogen) atoms. The average Bonchev–Trinajstić information content (AvgIpc) is 2.89. The maximum absolute atomic E-state index is 6.38. The molecule has 0 fully saturated rings. The molecule has 5 atom stereocenters. The smallest absolute Gasteiger partial charge is 0.204 e. The largest absolute Gasteiger partial charge is 0.490 e. The van der Waals surface area contributed by atoms with E-state index in [9.17, 15) is 0 Å². The second-order valence-corrected chi connectivity index (χ2v) is 8.12. The molecule has 5 unspecified atom stereocenters. The minimum absolute atomic E-state index is 0.254. The topological polar surface area (TPSA) is 39.1 Å². The van der Waals surface area contributed by atoms with E-state index in [1.807, 2.05) is 0 Å². The Morgan fingerprint density at radius 2 is 1.79 bits per heavy atom. The van der Waals surface area contributed by atoms with E-state index in [0.717, 1.165) is 23.8 Å². The van der Waals surface area contributed by atoms with Gasteiger partial charge in [-0.15, -0.1) is 0 Å². The molecule has 1 aromatic carbocycles. The van der Waals surface area contributed by atoms with Gasteiger partial charge in [-0.3, -0.25) is 0 Å². The van der Waals surface area contributed by atoms with E-state index in [0.29, 0.717) is 23.8 Å². The van der Waals surface area contributed by atoms with Crippen LogP contribution in [0.1, 0.15) is 57.2 Å². The fourth-order valence-corrected chi connectivity index (χ4v) is 4.26. The third-order valence-corrected chi connectivity index (χ3v) is 6.69. The maximum atomic E-state index is 6.38. The van der Waals surface area contributed by atoms with Crippen molar-refractivity contribution in [3.8, 4) is 5.75 Å². The second kappa shape index (κ2) is 5.14. The quantitative estimate of drug-likeness (QED) is 0.767. The third kappa shape index (κ3) is 1.95. The minimum Gasteiger partial charge on any atom is -0.490 e. The molecule has 0 bridgehead atoms. The predicted molar refractivity (Wildman–Crippen MR) is 99.1 cm³/mol. The van der Waals surface area contributed by atoms with Gasteiger partial charge in [-0.05, 0) is 56.6 Å². The Bertz CT molecular complexity index is 822. The van der Waals surface area contributed by atoms with E-state index in [1.54, 1.807) is 0 Å². The summed E-state index contributed by atoms with van der Waals surface area (Å²) in [6.07, 6.45) is 0.254. The lowest BCUT2D eigenvalue weighted by atomic mass is 9.80. The third-order valence-electron chi connectivity index (χ3n) is 6.69. The Labute approximate surface area is 144 Å². The van der Waals surface area contributed by atoms with Crippen LogP contribution >= 0.6 is 0 Å². The highest BCUT2D eigenvalue weighted by Gasteiger charge is 2.36. The van der Waals surface area contributed by atoms with Gasteiger partial charge in [0.05, 0.1) is 17.1 Å². The summed E-state index contributed by atoms with van der Waals surface area (Å²) in [6.45, 7) is 16.8. The molecular weight excluding hydrogens is 298 g/mol. The molecule has 0 saturated carbocycles. The van der Waals surface area contributed by atoms with Crippen molar-refractivity contribution in [3.63, 3.8) is 0 Å². The fraction of sp³-hybridized carbons (Fsp3) is 0.650. The summed E-state index contributed by atoms with van der Waals surface area (Å²) < 4.78 is 8.78. The number of hydrogen-bond donors (Lipinski definition) is 1. The molecule has 2 aliphatic heterocycles. The van der Waals surface area contributed by atoms with Gasteiger partial charge < -0.3 is 14.6 Å². The van der Waals surface area contributed by atoms with Crippen molar-refractivity contribution >= 4 is 17.0 Å². The Morgan fingerprint density at radius 3 is 2.50 bits per heavy atom. The highest BCUT2D eigenvalue weighted by Crippen LogP contribution is 2.48. The Morgan fingerprint density at radius 1 is 1.08 bits per heavy atom. The number of nitrogens with zero attached hydrogens (tertiary/aromatic N) is 2. The molecule has 0 radical (unpaired) electrons. The molecule has 0 aliphatic carbocycles. The van der Waals surface area contributed by atoms with Crippen molar-refractivity contribution in [2.75, 3.05) is 5.32 Å². The van der Waals surface area contributed by atoms with Crippen molar-refractivity contribution in [2.45, 2.75) is 73.1 Å². The van der Waals surface area contributed by atoms with E-state index < -0.39 is 0 Å². The molecule has 4 nitrogen and oxygen atoms in total. The summed E-state index contributed by atoms with van der Waals surface area (Å²) in [7, 11) is 0. The van der Waals surface area contributed by atoms with Crippen LogP contribution in [0.3, 0.4) is 0 Å². The van der Waals surface area contributed by atoms with Crippen molar-refractivity contribution < 1.29 is 4.74 Å². The normalized spacial score (nSPS) is 32.0. The maximum Gasteiger partial charge on any atom is 0.204 e. The van der Waals surface area contributed by atoms with E-state index in [-0.39, 0.29) is 6.10 Å². The molecule has 130 valence electrons. The number of ether oxygens (including phenoxy) is 1. The number of imidazole rings is 1. The predicted octanol–water partition coefficient (Wildman–Crippen LogP) is 4.62. The number of nitrogens with one attached hydrogen (secondary N) is 1. The van der Waals surface area contributed by atoms with Gasteiger partial charge in [0.25, 0.3) is 0 Å². The molecule has 2 aliphatic rings. The molecule has 0 amide bonds. The van der Waals surface area contributed by atoms with Crippen molar-refractivity contribution in [3.05, 3.63) is 16.7 Å². The Kier molecular flexibility index (Phi) is 3.38. The summed E-state index contributed by atoms with van der Waals surface area (Å²) in [5.41, 5.74) is 6.30. The molecule has 4 heteroatoms. The zero-order valence-electron chi connectivity index (χ0n) is 15.9. The van der Waals surface area contributed by atoms with Gasteiger partial charge in [0.1, 0.15) is 5.75 Å². The number of fused-ring (bicyclic) bond motifs is 5. The van der Waals surface area contributed by atoms with Gasteiger partial charge in [-0.2, -0.15) is 0 Å². The first-order valence-corrected chi connectivity index (χ1v) is 9.27. The monoisotopic (exact) mass is 327 g/mol. The van der Waals surface area contributed by atoms with Gasteiger partial charge in [0.2, 0.25) is 5.95 Å². The zero-order valence-corrected chi connectivity index (χ0v) is 15.9. The van der Waals surface area contributed by atoms with E-state index in [2.05, 4.69) is 58.4 Å². The number of rotatable bonds is 0. The Balaban J connectivity index is 2.06. The molecule has 0 saturated heterocycles. The van der Waals surface area contributed by atoms with Crippen molar-refractivity contribution in [1.29, 1.82) is 0 Å². The summed E-state index contributed by atoms with van der Waals surface area (Å²) in [6, 6.07) is 0.458. The SMILES string of the molecule is Cc1c2c(c3c(nc4n3CC(C)C(C)N4)c1C)C(C)C(C)C(C)O2. The van der Waals surface area contributed by atoms with Crippen LogP contribution in [0.25, 0.3) is 11.0 Å². The number of hydrogen-bond acceptors (Lipinski definition) is 3. The lowest BCUT2D eigenvalue weighted by molar-refractivity contribution is 0.122. The number of benzene rings is 1. The number of aromatic nitrogens is 2. The van der Waals surface area contributed by atoms with E-state index in [4.69, 9.17) is 9.72 Å². The van der Waals surface area contributed by atoms with Crippen LogP contribution in [0, 0.1) is 25.7 Å². The molecule has 0 spiro atoms. The number of anilines is 1. The Hall–Kier alpha value is -1.71. The van der Waals surface area contributed by atoms with Crippen LogP contribution in [0.15, 0.2) is 0 Å². The summed E-state index contributed by atoms with van der Waals surface area (Å²) in [5, 5.41) is 3.60. The molecular formula is C20H29N3O. The van der Waals surface area contributed by atoms with Crippen LogP contribution in [0.2, 0.25) is 0 Å². The lowest BCUT2D eigenvalue weighted by Gasteiger charge is -2.37. The average molecular weight is 327 g/mol. The standard InChI is InChI=1S/C20H29N3O/c1-9-8-23-18-16-11(3)10(2)15(7)24-19(16)13(5)12(4)17(18)22-20(23)21-14(9)6/h9-11,14-15H,8H2,1-7H3,(H,21,22). The fourth-order valence-electron chi connectivity index (χ4n) is 4.26. The summed E-state index contributed by atoms with van der Waals surface area (Å²) >= 11 is 0. The number of aryl methyl sites for hydroxylation is 1. The van der Waals surface area contributed by atoms with Gasteiger partial charge >= 0.3 is 0 Å². The summed E-state index contributed by atoms with van der Waals surface area (Å²) in [4.78, 5) is 4.98. The molecule has 1 aromatic heterocycles. The van der Waals surface area contributed by atoms with E-state index in [1.165, 1.54) is 22.2 Å². The van der Waals surface area contributed by atoms with Gasteiger partial charge in [-0.25, -0.2) is 4.98 Å². The van der Waals surface area contributed by atoms with Crippen LogP contribution in [0.5, 0.6) is 5.75 Å². The molecule has 3 heterocycles. The zero-order chi connectivity index (χ0) is 17.3. The van der Waals surface area contributed by atoms with Crippen LogP contribution in [-0.2, 0) is 6.54 Å². The first-order valence-electron chi connectivity index (χ1n) is 9.27. The first kappa shape index (κ1) is 15.8. The first-order chi connectivity index (χ1) is 11.3. The molecule has 1 N–H and O–H groups in total.